The standard InChI is InChI=1S/C65H42N2O/c1-4-21-44(22-5-1)66(45-23-6-2-7-24-45)59-40-39-47(48-27-10-11-30-51(48)59)43-41-58-63(54-32-14-18-36-57(54)65(58)55-34-16-12-28-49(55)50-29-13-17-35-56(50)65)61(42-43)67(46-25-8-3-9-26-46)60-37-20-33-53-52-31-15-19-38-62(52)68-64(53)60/h1-42H. The zero-order valence-electron chi connectivity index (χ0n) is 37.1. The van der Waals surface area contributed by atoms with E-state index in [1.165, 1.54) is 55.3 Å². The van der Waals surface area contributed by atoms with Crippen molar-refractivity contribution in [3.8, 4) is 33.4 Å². The van der Waals surface area contributed by atoms with E-state index < -0.39 is 5.41 Å². The number of anilines is 6. The fourth-order valence-corrected chi connectivity index (χ4v) is 11.7. The van der Waals surface area contributed by atoms with Crippen molar-refractivity contribution in [2.24, 2.45) is 0 Å². The number of hydrogen-bond donors (Lipinski definition) is 0. The van der Waals surface area contributed by atoms with Gasteiger partial charge in [-0.1, -0.05) is 188 Å². The van der Waals surface area contributed by atoms with E-state index in [0.29, 0.717) is 0 Å². The van der Waals surface area contributed by atoms with Crippen LogP contribution in [0.3, 0.4) is 0 Å². The lowest BCUT2D eigenvalue weighted by Crippen LogP contribution is -2.26. The first-order chi connectivity index (χ1) is 33.8. The van der Waals surface area contributed by atoms with E-state index in [1.54, 1.807) is 0 Å². The molecule has 0 aliphatic heterocycles. The monoisotopic (exact) mass is 866 g/mol. The van der Waals surface area contributed by atoms with Crippen LogP contribution < -0.4 is 9.80 Å². The summed E-state index contributed by atoms with van der Waals surface area (Å²) >= 11 is 0. The molecule has 0 radical (unpaired) electrons. The van der Waals surface area contributed by atoms with Crippen LogP contribution in [0.15, 0.2) is 259 Å². The van der Waals surface area contributed by atoms with Crippen LogP contribution in [0.2, 0.25) is 0 Å². The van der Waals surface area contributed by atoms with Gasteiger partial charge in [0, 0.05) is 38.8 Å². The molecule has 2 aliphatic carbocycles. The predicted octanol–water partition coefficient (Wildman–Crippen LogP) is 17.7. The number of hydrogen-bond acceptors (Lipinski definition) is 3. The molecule has 0 fully saturated rings. The number of furan rings is 1. The Bertz CT molecular complexity index is 3840. The summed E-state index contributed by atoms with van der Waals surface area (Å²) in [5.74, 6) is 0. The number of benzene rings is 11. The molecule has 0 unspecified atom stereocenters. The molecule has 11 aromatic carbocycles. The van der Waals surface area contributed by atoms with E-state index in [0.717, 1.165) is 67.2 Å². The van der Waals surface area contributed by atoms with E-state index in [-0.39, 0.29) is 0 Å². The lowest BCUT2D eigenvalue weighted by Gasteiger charge is -2.33. The summed E-state index contributed by atoms with van der Waals surface area (Å²) < 4.78 is 6.92. The third-order valence-corrected chi connectivity index (χ3v) is 14.4. The van der Waals surface area contributed by atoms with Gasteiger partial charge in [-0.3, -0.25) is 0 Å². The maximum Gasteiger partial charge on any atom is 0.159 e. The highest BCUT2D eigenvalue weighted by atomic mass is 16.3. The minimum absolute atomic E-state index is 0.579. The van der Waals surface area contributed by atoms with Gasteiger partial charge in [0.2, 0.25) is 0 Å². The number of fused-ring (bicyclic) bond motifs is 14. The highest BCUT2D eigenvalue weighted by Gasteiger charge is 2.52. The van der Waals surface area contributed by atoms with Crippen molar-refractivity contribution in [2.45, 2.75) is 5.41 Å². The number of rotatable bonds is 7. The molecule has 0 saturated heterocycles. The van der Waals surface area contributed by atoms with Crippen molar-refractivity contribution >= 4 is 66.8 Å². The third kappa shape index (κ3) is 5.47. The average molecular weight is 867 g/mol. The Morgan fingerprint density at radius 1 is 0.294 bits per heavy atom. The molecule has 14 rings (SSSR count). The van der Waals surface area contributed by atoms with Crippen molar-refractivity contribution in [1.82, 2.24) is 0 Å². The molecule has 1 spiro atoms. The van der Waals surface area contributed by atoms with Gasteiger partial charge in [-0.15, -0.1) is 0 Å². The second kappa shape index (κ2) is 15.1. The molecule has 0 amide bonds. The molecule has 1 aromatic heterocycles. The quantitative estimate of drug-likeness (QED) is 0.159. The number of nitrogens with zero attached hydrogens (tertiary/aromatic N) is 2. The third-order valence-electron chi connectivity index (χ3n) is 14.4. The smallest absolute Gasteiger partial charge is 0.159 e. The largest absolute Gasteiger partial charge is 0.454 e. The number of para-hydroxylation sites is 5. The fraction of sp³-hybridized carbons (Fsp3) is 0.0154. The highest BCUT2D eigenvalue weighted by molar-refractivity contribution is 6.13. The van der Waals surface area contributed by atoms with Crippen molar-refractivity contribution in [2.75, 3.05) is 9.80 Å². The molecule has 68 heavy (non-hydrogen) atoms. The summed E-state index contributed by atoms with van der Waals surface area (Å²) in [6.45, 7) is 0. The van der Waals surface area contributed by atoms with E-state index >= 15 is 0 Å². The summed E-state index contributed by atoms with van der Waals surface area (Å²) in [5.41, 5.74) is 20.1. The Hall–Kier alpha value is -8.92. The summed E-state index contributed by atoms with van der Waals surface area (Å²) in [6.07, 6.45) is 0. The molecule has 1 heterocycles. The van der Waals surface area contributed by atoms with Crippen LogP contribution in [0, 0.1) is 0 Å². The van der Waals surface area contributed by atoms with Crippen LogP contribution in [0.1, 0.15) is 22.3 Å². The van der Waals surface area contributed by atoms with Gasteiger partial charge >= 0.3 is 0 Å². The molecule has 3 heteroatoms. The maximum absolute atomic E-state index is 6.92. The van der Waals surface area contributed by atoms with Crippen LogP contribution in [-0.4, -0.2) is 0 Å². The minimum Gasteiger partial charge on any atom is -0.454 e. The van der Waals surface area contributed by atoms with E-state index in [9.17, 15) is 0 Å². The molecule has 2 aliphatic rings. The second-order valence-electron chi connectivity index (χ2n) is 17.9. The molecular formula is C65H42N2O. The molecule has 3 nitrogen and oxygen atoms in total. The lowest BCUT2D eigenvalue weighted by atomic mass is 9.70. The van der Waals surface area contributed by atoms with Crippen LogP contribution in [0.25, 0.3) is 66.1 Å². The van der Waals surface area contributed by atoms with E-state index in [1.807, 2.05) is 0 Å². The Kier molecular flexibility index (Phi) is 8.50. The Balaban J connectivity index is 1.11. The zero-order valence-corrected chi connectivity index (χ0v) is 37.1. The van der Waals surface area contributed by atoms with Gasteiger partial charge in [-0.2, -0.15) is 0 Å². The van der Waals surface area contributed by atoms with Crippen LogP contribution in [-0.2, 0) is 5.41 Å². The van der Waals surface area contributed by atoms with Crippen molar-refractivity contribution in [3.05, 3.63) is 277 Å². The van der Waals surface area contributed by atoms with Gasteiger partial charge in [0.05, 0.1) is 22.5 Å². The Labute approximate surface area is 395 Å². The summed E-state index contributed by atoms with van der Waals surface area (Å²) in [7, 11) is 0. The van der Waals surface area contributed by atoms with Gasteiger partial charge in [0.1, 0.15) is 5.58 Å². The first kappa shape index (κ1) is 38.4. The first-order valence-electron chi connectivity index (χ1n) is 23.4. The highest BCUT2D eigenvalue weighted by Crippen LogP contribution is 2.65. The van der Waals surface area contributed by atoms with Gasteiger partial charge in [-0.25, -0.2) is 0 Å². The van der Waals surface area contributed by atoms with Gasteiger partial charge in [-0.05, 0) is 122 Å². The SMILES string of the molecule is c1ccc(N(c2ccccc2)c2ccc(-c3cc(N(c4ccccc4)c4cccc5c4oc4ccccc45)c4c(c3)C3(c5ccccc5-c5ccccc53)c3ccccc3-4)c3ccccc23)cc1. The summed E-state index contributed by atoms with van der Waals surface area (Å²) in [6, 6.07) is 93.1. The molecule has 0 bridgehead atoms. The van der Waals surface area contributed by atoms with Gasteiger partial charge in [0.15, 0.2) is 5.58 Å². The molecule has 0 N–H and O–H groups in total. The molecular weight excluding hydrogens is 825 g/mol. The molecule has 318 valence electrons. The first-order valence-corrected chi connectivity index (χ1v) is 23.4. The van der Waals surface area contributed by atoms with E-state index in [4.69, 9.17) is 4.42 Å². The van der Waals surface area contributed by atoms with Gasteiger partial charge < -0.3 is 14.2 Å². The van der Waals surface area contributed by atoms with Gasteiger partial charge in [0.25, 0.3) is 0 Å². The molecule has 0 atom stereocenters. The molecule has 12 aromatic rings. The lowest BCUT2D eigenvalue weighted by molar-refractivity contribution is 0.669. The normalized spacial score (nSPS) is 12.8. The second-order valence-corrected chi connectivity index (χ2v) is 17.9. The van der Waals surface area contributed by atoms with Crippen LogP contribution in [0.4, 0.5) is 34.1 Å². The predicted molar refractivity (Wildman–Crippen MR) is 282 cm³/mol. The Morgan fingerprint density at radius 2 is 0.794 bits per heavy atom. The minimum atomic E-state index is -0.579. The van der Waals surface area contributed by atoms with Crippen molar-refractivity contribution < 1.29 is 4.42 Å². The van der Waals surface area contributed by atoms with E-state index in [2.05, 4.69) is 265 Å². The molecule has 0 saturated carbocycles. The maximum atomic E-state index is 6.92. The topological polar surface area (TPSA) is 19.6 Å². The fourth-order valence-electron chi connectivity index (χ4n) is 11.7. The summed E-state index contributed by atoms with van der Waals surface area (Å²) in [4.78, 5) is 4.84. The zero-order chi connectivity index (χ0) is 44.8. The Morgan fingerprint density at radius 3 is 1.44 bits per heavy atom. The van der Waals surface area contributed by atoms with Crippen molar-refractivity contribution in [1.29, 1.82) is 0 Å². The average Bonchev–Trinajstić information content (AvgIpc) is 4.05. The van der Waals surface area contributed by atoms with Crippen LogP contribution >= 0.6 is 0 Å². The summed E-state index contributed by atoms with van der Waals surface area (Å²) in [5, 5.41) is 4.54. The van der Waals surface area contributed by atoms with Crippen LogP contribution in [0.5, 0.6) is 0 Å². The van der Waals surface area contributed by atoms with Crippen molar-refractivity contribution in [3.63, 3.8) is 0 Å².